The van der Waals surface area contributed by atoms with E-state index in [1.165, 1.54) is 0 Å². The van der Waals surface area contributed by atoms with E-state index in [1.54, 1.807) is 30.5 Å². The minimum atomic E-state index is -0.420. The van der Waals surface area contributed by atoms with Crippen LogP contribution in [-0.2, 0) is 11.3 Å². The number of ether oxygens (including phenoxy) is 1. The average Bonchev–Trinajstić information content (AvgIpc) is 2.45. The highest BCUT2D eigenvalue weighted by molar-refractivity contribution is 9.10. The molecule has 0 spiro atoms. The summed E-state index contributed by atoms with van der Waals surface area (Å²) in [5.41, 5.74) is 8.43. The van der Waals surface area contributed by atoms with Crippen LogP contribution >= 0.6 is 15.9 Å². The minimum Gasteiger partial charge on any atom is -0.456 e. The standard InChI is InChI=1S/C15H16BrN3O2/c1-19(2)14-6-3-10(7-13(14)17)15(20)21-9-12-5-4-11(16)8-18-12/h3-8H,9,17H2,1-2H3. The van der Waals surface area contributed by atoms with Crippen molar-refractivity contribution in [2.45, 2.75) is 6.61 Å². The predicted molar refractivity (Wildman–Crippen MR) is 86.2 cm³/mol. The van der Waals surface area contributed by atoms with E-state index < -0.39 is 5.97 Å². The fraction of sp³-hybridized carbons (Fsp3) is 0.200. The maximum Gasteiger partial charge on any atom is 0.338 e. The zero-order chi connectivity index (χ0) is 15.4. The molecule has 2 rings (SSSR count). The normalized spacial score (nSPS) is 10.2. The summed E-state index contributed by atoms with van der Waals surface area (Å²) in [6.07, 6.45) is 1.66. The highest BCUT2D eigenvalue weighted by atomic mass is 79.9. The summed E-state index contributed by atoms with van der Waals surface area (Å²) >= 11 is 3.30. The lowest BCUT2D eigenvalue weighted by atomic mass is 10.1. The number of pyridine rings is 1. The van der Waals surface area contributed by atoms with Crippen LogP contribution in [0.5, 0.6) is 0 Å². The first-order valence-electron chi connectivity index (χ1n) is 6.32. The van der Waals surface area contributed by atoms with E-state index >= 15 is 0 Å². The number of esters is 1. The van der Waals surface area contributed by atoms with Gasteiger partial charge in [0, 0.05) is 24.8 Å². The van der Waals surface area contributed by atoms with E-state index in [0.29, 0.717) is 16.9 Å². The van der Waals surface area contributed by atoms with Crippen molar-refractivity contribution in [3.8, 4) is 0 Å². The Hall–Kier alpha value is -2.08. The van der Waals surface area contributed by atoms with Crippen LogP contribution in [0.25, 0.3) is 0 Å². The summed E-state index contributed by atoms with van der Waals surface area (Å²) in [6.45, 7) is 0.126. The molecule has 0 unspecified atom stereocenters. The number of benzene rings is 1. The lowest BCUT2D eigenvalue weighted by molar-refractivity contribution is 0.0468. The third-order valence-corrected chi connectivity index (χ3v) is 3.35. The van der Waals surface area contributed by atoms with Gasteiger partial charge in [-0.3, -0.25) is 4.98 Å². The Labute approximate surface area is 131 Å². The second kappa shape index (κ2) is 6.58. The molecule has 0 saturated heterocycles. The lowest BCUT2D eigenvalue weighted by Crippen LogP contribution is -2.12. The number of hydrogen-bond acceptors (Lipinski definition) is 5. The summed E-state index contributed by atoms with van der Waals surface area (Å²) in [5, 5.41) is 0. The van der Waals surface area contributed by atoms with Gasteiger partial charge in [-0.15, -0.1) is 0 Å². The summed E-state index contributed by atoms with van der Waals surface area (Å²) in [6, 6.07) is 8.75. The van der Waals surface area contributed by atoms with Crippen LogP contribution in [0.4, 0.5) is 11.4 Å². The second-order valence-corrected chi connectivity index (χ2v) is 5.63. The largest absolute Gasteiger partial charge is 0.456 e. The molecule has 0 aliphatic rings. The van der Waals surface area contributed by atoms with Crippen molar-refractivity contribution in [1.29, 1.82) is 0 Å². The number of carbonyl (C=O) groups is 1. The number of hydrogen-bond donors (Lipinski definition) is 1. The van der Waals surface area contributed by atoms with Crippen LogP contribution in [-0.4, -0.2) is 25.0 Å². The molecule has 1 aromatic heterocycles. The quantitative estimate of drug-likeness (QED) is 0.678. The SMILES string of the molecule is CN(C)c1ccc(C(=O)OCc2ccc(Br)cn2)cc1N. The molecule has 2 aromatic rings. The molecule has 6 heteroatoms. The number of rotatable bonds is 4. The molecule has 21 heavy (non-hydrogen) atoms. The Bertz CT molecular complexity index is 642. The topological polar surface area (TPSA) is 68.5 Å². The molecule has 1 heterocycles. The zero-order valence-corrected chi connectivity index (χ0v) is 13.4. The molecule has 2 N–H and O–H groups in total. The zero-order valence-electron chi connectivity index (χ0n) is 11.8. The number of nitrogens with zero attached hydrogens (tertiary/aromatic N) is 2. The van der Waals surface area contributed by atoms with Gasteiger partial charge in [-0.25, -0.2) is 4.79 Å². The maximum absolute atomic E-state index is 12.0. The van der Waals surface area contributed by atoms with Crippen LogP contribution in [0.1, 0.15) is 16.1 Å². The second-order valence-electron chi connectivity index (χ2n) is 4.71. The average molecular weight is 350 g/mol. The van der Waals surface area contributed by atoms with Crippen LogP contribution in [0.2, 0.25) is 0 Å². The first-order chi connectivity index (χ1) is 9.97. The van der Waals surface area contributed by atoms with Crippen LogP contribution in [0, 0.1) is 0 Å². The van der Waals surface area contributed by atoms with E-state index in [0.717, 1.165) is 10.2 Å². The van der Waals surface area contributed by atoms with Gasteiger partial charge in [0.15, 0.2) is 0 Å². The fourth-order valence-corrected chi connectivity index (χ4v) is 2.04. The minimum absolute atomic E-state index is 0.126. The van der Waals surface area contributed by atoms with Gasteiger partial charge in [-0.05, 0) is 46.3 Å². The van der Waals surface area contributed by atoms with Gasteiger partial charge in [-0.1, -0.05) is 0 Å². The Kier molecular flexibility index (Phi) is 4.80. The molecule has 0 aliphatic heterocycles. The molecule has 0 atom stereocenters. The summed E-state index contributed by atoms with van der Waals surface area (Å²) in [5.74, 6) is -0.420. The highest BCUT2D eigenvalue weighted by Gasteiger charge is 2.11. The molecule has 0 fully saturated rings. The Morgan fingerprint density at radius 2 is 2.10 bits per heavy atom. The smallest absolute Gasteiger partial charge is 0.338 e. The first kappa shape index (κ1) is 15.3. The van der Waals surface area contributed by atoms with Gasteiger partial charge < -0.3 is 15.4 Å². The van der Waals surface area contributed by atoms with Crippen molar-refractivity contribution in [1.82, 2.24) is 4.98 Å². The fourth-order valence-electron chi connectivity index (χ4n) is 1.80. The van der Waals surface area contributed by atoms with Gasteiger partial charge in [0.25, 0.3) is 0 Å². The van der Waals surface area contributed by atoms with E-state index in [1.807, 2.05) is 25.1 Å². The monoisotopic (exact) mass is 349 g/mol. The number of anilines is 2. The molecule has 0 saturated carbocycles. The first-order valence-corrected chi connectivity index (χ1v) is 7.11. The number of carbonyl (C=O) groups excluding carboxylic acids is 1. The number of nitrogens with two attached hydrogens (primary N) is 1. The van der Waals surface area contributed by atoms with E-state index in [4.69, 9.17) is 10.5 Å². The van der Waals surface area contributed by atoms with Crippen molar-refractivity contribution in [2.24, 2.45) is 0 Å². The van der Waals surface area contributed by atoms with Crippen LogP contribution in [0.15, 0.2) is 41.0 Å². The van der Waals surface area contributed by atoms with Gasteiger partial charge in [0.2, 0.25) is 0 Å². The molecule has 110 valence electrons. The highest BCUT2D eigenvalue weighted by Crippen LogP contribution is 2.22. The molecule has 0 bridgehead atoms. The van der Waals surface area contributed by atoms with Crippen LogP contribution in [0.3, 0.4) is 0 Å². The van der Waals surface area contributed by atoms with Gasteiger partial charge >= 0.3 is 5.97 Å². The molecule has 0 aliphatic carbocycles. The molecule has 5 nitrogen and oxygen atoms in total. The van der Waals surface area contributed by atoms with Crippen molar-refractivity contribution in [3.05, 3.63) is 52.3 Å². The van der Waals surface area contributed by atoms with Gasteiger partial charge in [-0.2, -0.15) is 0 Å². The molecular formula is C15H16BrN3O2. The Morgan fingerprint density at radius 1 is 1.33 bits per heavy atom. The maximum atomic E-state index is 12.0. The van der Waals surface area contributed by atoms with E-state index in [-0.39, 0.29) is 6.61 Å². The predicted octanol–water partition coefficient (Wildman–Crippen LogP) is 2.85. The number of nitrogen functional groups attached to an aromatic ring is 1. The van der Waals surface area contributed by atoms with Crippen molar-refractivity contribution >= 4 is 33.3 Å². The molecule has 0 radical (unpaired) electrons. The Morgan fingerprint density at radius 3 is 2.67 bits per heavy atom. The summed E-state index contributed by atoms with van der Waals surface area (Å²) in [4.78, 5) is 18.0. The van der Waals surface area contributed by atoms with Crippen LogP contribution < -0.4 is 10.6 Å². The van der Waals surface area contributed by atoms with Gasteiger partial charge in [0.05, 0.1) is 22.6 Å². The third-order valence-electron chi connectivity index (χ3n) is 2.88. The molecule has 0 amide bonds. The van der Waals surface area contributed by atoms with Crippen molar-refractivity contribution in [3.63, 3.8) is 0 Å². The third kappa shape index (κ3) is 3.95. The number of halogens is 1. The summed E-state index contributed by atoms with van der Waals surface area (Å²) in [7, 11) is 3.78. The van der Waals surface area contributed by atoms with E-state index in [2.05, 4.69) is 20.9 Å². The van der Waals surface area contributed by atoms with Crippen molar-refractivity contribution < 1.29 is 9.53 Å². The van der Waals surface area contributed by atoms with E-state index in [9.17, 15) is 4.79 Å². The lowest BCUT2D eigenvalue weighted by Gasteiger charge is -2.15. The number of aromatic nitrogens is 1. The Balaban J connectivity index is 2.03. The molecule has 1 aromatic carbocycles. The summed E-state index contributed by atoms with van der Waals surface area (Å²) < 4.78 is 6.10. The molecular weight excluding hydrogens is 334 g/mol. The van der Waals surface area contributed by atoms with Gasteiger partial charge in [0.1, 0.15) is 6.61 Å². The van der Waals surface area contributed by atoms with Crippen molar-refractivity contribution in [2.75, 3.05) is 24.7 Å².